The summed E-state index contributed by atoms with van der Waals surface area (Å²) in [5.74, 6) is 0.875. The highest BCUT2D eigenvalue weighted by molar-refractivity contribution is 5.85. The third-order valence-electron chi connectivity index (χ3n) is 4.72. The van der Waals surface area contributed by atoms with Gasteiger partial charge in [-0.05, 0) is 40.3 Å². The van der Waals surface area contributed by atoms with E-state index in [1.165, 1.54) is 5.56 Å². The van der Waals surface area contributed by atoms with Gasteiger partial charge in [0.2, 0.25) is 0 Å². The molecule has 0 unspecified atom stereocenters. The van der Waals surface area contributed by atoms with Crippen molar-refractivity contribution in [1.29, 1.82) is 0 Å². The average molecular weight is 422 g/mol. The predicted molar refractivity (Wildman–Crippen MR) is 115 cm³/mol. The highest BCUT2D eigenvalue weighted by Crippen LogP contribution is 2.14. The number of piperazine rings is 1. The number of para-hydroxylation sites is 1. The molecule has 0 spiro atoms. The number of tetrazole rings is 1. The van der Waals surface area contributed by atoms with E-state index in [0.717, 1.165) is 56.5 Å². The van der Waals surface area contributed by atoms with Crippen molar-refractivity contribution in [3.63, 3.8) is 0 Å². The van der Waals surface area contributed by atoms with Gasteiger partial charge >= 0.3 is 0 Å². The van der Waals surface area contributed by atoms with Crippen LogP contribution in [0.4, 0.5) is 5.69 Å². The molecular weight excluding hydrogens is 397 g/mol. The van der Waals surface area contributed by atoms with Crippen LogP contribution in [0.25, 0.3) is 5.69 Å². The second kappa shape index (κ2) is 10.4. The van der Waals surface area contributed by atoms with Gasteiger partial charge in [0.1, 0.15) is 0 Å². The van der Waals surface area contributed by atoms with Crippen molar-refractivity contribution in [1.82, 2.24) is 30.0 Å². The molecule has 1 aromatic heterocycles. The van der Waals surface area contributed by atoms with E-state index >= 15 is 0 Å². The third-order valence-corrected chi connectivity index (χ3v) is 4.72. The smallest absolute Gasteiger partial charge is 0.170 e. The molecule has 3 aromatic rings. The minimum atomic E-state index is 0. The molecule has 28 heavy (non-hydrogen) atoms. The molecule has 0 bridgehead atoms. The SMILES string of the molecule is Cl.Cl.Nc1cccc(CN2CCN(Cc3nnnn3-c3ccccc3)CC2)c1. The first-order valence-electron chi connectivity index (χ1n) is 8.90. The van der Waals surface area contributed by atoms with Crippen molar-refractivity contribution in [3.05, 3.63) is 66.0 Å². The molecular formula is C19H25Cl2N7. The molecule has 0 radical (unpaired) electrons. The fraction of sp³-hybridized carbons (Fsp3) is 0.316. The number of rotatable bonds is 5. The summed E-state index contributed by atoms with van der Waals surface area (Å²) in [6.07, 6.45) is 0. The van der Waals surface area contributed by atoms with Gasteiger partial charge in [0.25, 0.3) is 0 Å². The summed E-state index contributed by atoms with van der Waals surface area (Å²) >= 11 is 0. The first-order valence-corrected chi connectivity index (χ1v) is 8.90. The topological polar surface area (TPSA) is 76.1 Å². The van der Waals surface area contributed by atoms with Gasteiger partial charge in [-0.2, -0.15) is 4.68 Å². The van der Waals surface area contributed by atoms with E-state index in [9.17, 15) is 0 Å². The number of hydrogen-bond donors (Lipinski definition) is 1. The fourth-order valence-corrected chi connectivity index (χ4v) is 3.33. The molecule has 0 saturated carbocycles. The minimum Gasteiger partial charge on any atom is -0.399 e. The van der Waals surface area contributed by atoms with E-state index in [0.29, 0.717) is 0 Å². The van der Waals surface area contributed by atoms with E-state index in [1.54, 1.807) is 0 Å². The molecule has 2 heterocycles. The molecule has 2 aromatic carbocycles. The van der Waals surface area contributed by atoms with Crippen LogP contribution in [0.1, 0.15) is 11.4 Å². The molecule has 0 aliphatic carbocycles. The van der Waals surface area contributed by atoms with E-state index in [2.05, 4.69) is 37.5 Å². The van der Waals surface area contributed by atoms with Crippen LogP contribution < -0.4 is 5.73 Å². The fourth-order valence-electron chi connectivity index (χ4n) is 3.33. The van der Waals surface area contributed by atoms with Crippen LogP contribution in [0, 0.1) is 0 Å². The van der Waals surface area contributed by atoms with Crippen molar-refractivity contribution >= 4 is 30.5 Å². The number of benzene rings is 2. The molecule has 0 amide bonds. The lowest BCUT2D eigenvalue weighted by Gasteiger charge is -2.34. The molecule has 1 fully saturated rings. The number of nitrogen functional groups attached to an aromatic ring is 1. The Labute approximate surface area is 177 Å². The molecule has 2 N–H and O–H groups in total. The van der Waals surface area contributed by atoms with Crippen LogP contribution in [-0.4, -0.2) is 56.2 Å². The van der Waals surface area contributed by atoms with Gasteiger partial charge in [-0.3, -0.25) is 9.80 Å². The van der Waals surface area contributed by atoms with Crippen molar-refractivity contribution in [3.8, 4) is 5.69 Å². The van der Waals surface area contributed by atoms with Gasteiger partial charge in [-0.25, -0.2) is 0 Å². The Balaban J connectivity index is 0.00000140. The quantitative estimate of drug-likeness (QED) is 0.637. The van der Waals surface area contributed by atoms with Crippen molar-refractivity contribution in [2.45, 2.75) is 13.1 Å². The molecule has 1 saturated heterocycles. The zero-order valence-corrected chi connectivity index (χ0v) is 17.1. The molecule has 9 heteroatoms. The number of hydrogen-bond acceptors (Lipinski definition) is 6. The number of nitrogens with zero attached hydrogens (tertiary/aromatic N) is 6. The van der Waals surface area contributed by atoms with Crippen LogP contribution >= 0.6 is 24.8 Å². The van der Waals surface area contributed by atoms with E-state index in [-0.39, 0.29) is 24.8 Å². The maximum Gasteiger partial charge on any atom is 0.170 e. The van der Waals surface area contributed by atoms with Crippen LogP contribution in [0.5, 0.6) is 0 Å². The van der Waals surface area contributed by atoms with Crippen LogP contribution in [0.2, 0.25) is 0 Å². The maximum absolute atomic E-state index is 5.88. The highest BCUT2D eigenvalue weighted by atomic mass is 35.5. The Morgan fingerprint density at radius 1 is 0.821 bits per heavy atom. The van der Waals surface area contributed by atoms with Crippen molar-refractivity contribution < 1.29 is 0 Å². The number of aromatic nitrogens is 4. The summed E-state index contributed by atoms with van der Waals surface area (Å²) < 4.78 is 1.82. The van der Waals surface area contributed by atoms with Crippen LogP contribution in [0.15, 0.2) is 54.6 Å². The lowest BCUT2D eigenvalue weighted by atomic mass is 10.2. The summed E-state index contributed by atoms with van der Waals surface area (Å²) in [7, 11) is 0. The molecule has 150 valence electrons. The van der Waals surface area contributed by atoms with Gasteiger partial charge in [-0.15, -0.1) is 29.9 Å². The number of halogens is 2. The summed E-state index contributed by atoms with van der Waals surface area (Å²) in [5.41, 5.74) is 8.97. The Morgan fingerprint density at radius 2 is 1.50 bits per heavy atom. The first-order chi connectivity index (χ1) is 12.8. The minimum absolute atomic E-state index is 0. The molecule has 4 rings (SSSR count). The monoisotopic (exact) mass is 421 g/mol. The average Bonchev–Trinajstić information content (AvgIpc) is 3.12. The second-order valence-electron chi connectivity index (χ2n) is 6.64. The molecule has 1 aliphatic rings. The van der Waals surface area contributed by atoms with Gasteiger partial charge in [0.15, 0.2) is 5.82 Å². The lowest BCUT2D eigenvalue weighted by Crippen LogP contribution is -2.45. The summed E-state index contributed by atoms with van der Waals surface area (Å²) in [6.45, 7) is 5.77. The second-order valence-corrected chi connectivity index (χ2v) is 6.64. The van der Waals surface area contributed by atoms with Crippen molar-refractivity contribution in [2.75, 3.05) is 31.9 Å². The van der Waals surface area contributed by atoms with E-state index in [4.69, 9.17) is 5.73 Å². The van der Waals surface area contributed by atoms with E-state index < -0.39 is 0 Å². The standard InChI is InChI=1S/C19H23N7.2ClH/c20-17-6-4-5-16(13-17)14-24-9-11-25(12-10-24)15-19-21-22-23-26(19)18-7-2-1-3-8-18;;/h1-8,13H,9-12,14-15,20H2;2*1H. The predicted octanol–water partition coefficient (Wildman–Crippen LogP) is 2.41. The largest absolute Gasteiger partial charge is 0.399 e. The Kier molecular flexibility index (Phi) is 8.19. The maximum atomic E-state index is 5.88. The zero-order chi connectivity index (χ0) is 17.8. The normalized spacial score (nSPS) is 14.9. The third kappa shape index (κ3) is 5.42. The van der Waals surface area contributed by atoms with E-state index in [1.807, 2.05) is 47.1 Å². The summed E-state index contributed by atoms with van der Waals surface area (Å²) in [4.78, 5) is 4.87. The molecule has 7 nitrogen and oxygen atoms in total. The first kappa shape index (κ1) is 22.1. The number of anilines is 1. The van der Waals surface area contributed by atoms with Gasteiger partial charge in [0, 0.05) is 38.4 Å². The van der Waals surface area contributed by atoms with Crippen LogP contribution in [-0.2, 0) is 13.1 Å². The molecule has 1 aliphatic heterocycles. The highest BCUT2D eigenvalue weighted by Gasteiger charge is 2.19. The summed E-state index contributed by atoms with van der Waals surface area (Å²) in [6, 6.07) is 18.2. The number of nitrogens with two attached hydrogens (primary N) is 1. The molecule has 0 atom stereocenters. The van der Waals surface area contributed by atoms with Gasteiger partial charge in [-0.1, -0.05) is 30.3 Å². The van der Waals surface area contributed by atoms with Gasteiger partial charge in [0.05, 0.1) is 12.2 Å². The van der Waals surface area contributed by atoms with Crippen molar-refractivity contribution in [2.24, 2.45) is 0 Å². The van der Waals surface area contributed by atoms with Gasteiger partial charge < -0.3 is 5.73 Å². The Hall–Kier alpha value is -2.19. The Bertz CT molecular complexity index is 848. The lowest BCUT2D eigenvalue weighted by molar-refractivity contribution is 0.119. The Morgan fingerprint density at radius 3 is 2.18 bits per heavy atom. The summed E-state index contributed by atoms with van der Waals surface area (Å²) in [5, 5.41) is 12.2. The zero-order valence-electron chi connectivity index (χ0n) is 15.5. The van der Waals surface area contributed by atoms with Crippen LogP contribution in [0.3, 0.4) is 0 Å².